The second kappa shape index (κ2) is 7.16. The molecule has 0 aliphatic carbocycles. The van der Waals surface area contributed by atoms with Crippen molar-refractivity contribution in [3.8, 4) is 5.75 Å². The van der Waals surface area contributed by atoms with Gasteiger partial charge in [-0.25, -0.2) is 0 Å². The van der Waals surface area contributed by atoms with E-state index < -0.39 is 5.60 Å². The van der Waals surface area contributed by atoms with Crippen LogP contribution in [0, 0.1) is 0 Å². The van der Waals surface area contributed by atoms with Gasteiger partial charge in [-0.15, -0.1) is 0 Å². The highest BCUT2D eigenvalue weighted by atomic mass is 16.5. The van der Waals surface area contributed by atoms with Crippen molar-refractivity contribution in [1.82, 2.24) is 4.90 Å². The van der Waals surface area contributed by atoms with Gasteiger partial charge in [0.05, 0.1) is 19.3 Å². The second-order valence-corrected chi connectivity index (χ2v) is 6.33. The van der Waals surface area contributed by atoms with Crippen LogP contribution in [-0.4, -0.2) is 42.5 Å². The van der Waals surface area contributed by atoms with Gasteiger partial charge in [0.2, 0.25) is 0 Å². The summed E-state index contributed by atoms with van der Waals surface area (Å²) in [7, 11) is 1.61. The first-order valence-electron chi connectivity index (χ1n) is 8.28. The molecule has 0 spiro atoms. The monoisotopic (exact) mass is 325 g/mol. The molecular formula is C20H23NO3. The van der Waals surface area contributed by atoms with Crippen molar-refractivity contribution >= 4 is 5.78 Å². The van der Waals surface area contributed by atoms with E-state index in [9.17, 15) is 9.90 Å². The molecule has 2 aromatic carbocycles. The number of hydrogen-bond acceptors (Lipinski definition) is 4. The van der Waals surface area contributed by atoms with Crippen LogP contribution < -0.4 is 4.74 Å². The molecule has 1 saturated heterocycles. The average Bonchev–Trinajstić information content (AvgIpc) is 2.64. The summed E-state index contributed by atoms with van der Waals surface area (Å²) in [6.45, 7) is 1.82. The zero-order valence-electron chi connectivity index (χ0n) is 13.9. The summed E-state index contributed by atoms with van der Waals surface area (Å²) >= 11 is 0. The van der Waals surface area contributed by atoms with Crippen LogP contribution in [0.15, 0.2) is 54.6 Å². The number of benzene rings is 2. The first-order valence-corrected chi connectivity index (χ1v) is 8.28. The molecule has 1 fully saturated rings. The molecular weight excluding hydrogens is 302 g/mol. The summed E-state index contributed by atoms with van der Waals surface area (Å²) in [4.78, 5) is 14.5. The summed E-state index contributed by atoms with van der Waals surface area (Å²) < 4.78 is 5.11. The van der Waals surface area contributed by atoms with Crippen LogP contribution in [0.4, 0.5) is 0 Å². The van der Waals surface area contributed by atoms with Gasteiger partial charge >= 0.3 is 0 Å². The topological polar surface area (TPSA) is 49.8 Å². The molecule has 1 N–H and O–H groups in total. The number of hydrogen-bond donors (Lipinski definition) is 1. The number of carbonyl (C=O) groups excluding carboxylic acids is 1. The van der Waals surface area contributed by atoms with E-state index in [0.717, 1.165) is 11.3 Å². The van der Waals surface area contributed by atoms with Crippen molar-refractivity contribution in [3.05, 3.63) is 65.7 Å². The number of likely N-dealkylation sites (tertiary alicyclic amines) is 1. The second-order valence-electron chi connectivity index (χ2n) is 6.33. The lowest BCUT2D eigenvalue weighted by molar-refractivity contribution is -0.0245. The minimum Gasteiger partial charge on any atom is -0.497 e. The molecule has 0 unspecified atom stereocenters. The molecule has 0 aromatic heterocycles. The molecule has 0 amide bonds. The normalized spacial score (nSPS) is 17.4. The van der Waals surface area contributed by atoms with Gasteiger partial charge in [0.25, 0.3) is 0 Å². The van der Waals surface area contributed by atoms with Gasteiger partial charge in [0, 0.05) is 18.7 Å². The molecule has 0 saturated carbocycles. The van der Waals surface area contributed by atoms with E-state index in [1.54, 1.807) is 31.4 Å². The standard InChI is InChI=1S/C20H23NO3/c1-24-18-9-7-16(8-10-18)19(22)15-21-13-11-20(23,12-14-21)17-5-3-2-4-6-17/h2-10,23H,11-15H2,1H3. The number of rotatable bonds is 5. The Kier molecular flexibility index (Phi) is 4.97. The Balaban J connectivity index is 1.58. The van der Waals surface area contributed by atoms with Gasteiger partial charge in [-0.3, -0.25) is 9.69 Å². The van der Waals surface area contributed by atoms with Crippen LogP contribution >= 0.6 is 0 Å². The Labute approximate surface area is 142 Å². The minimum absolute atomic E-state index is 0.0998. The van der Waals surface area contributed by atoms with Crippen LogP contribution in [-0.2, 0) is 5.60 Å². The maximum absolute atomic E-state index is 12.4. The fourth-order valence-corrected chi connectivity index (χ4v) is 3.19. The summed E-state index contributed by atoms with van der Waals surface area (Å²) in [6.07, 6.45) is 1.29. The number of aliphatic hydroxyl groups is 1. The number of ether oxygens (including phenoxy) is 1. The Hall–Kier alpha value is -2.17. The van der Waals surface area contributed by atoms with Crippen molar-refractivity contribution in [1.29, 1.82) is 0 Å². The third kappa shape index (κ3) is 3.66. The van der Waals surface area contributed by atoms with E-state index in [1.165, 1.54) is 0 Å². The largest absolute Gasteiger partial charge is 0.497 e. The Morgan fingerprint density at radius 1 is 1.08 bits per heavy atom. The van der Waals surface area contributed by atoms with E-state index in [4.69, 9.17) is 4.74 Å². The van der Waals surface area contributed by atoms with Crippen molar-refractivity contribution < 1.29 is 14.6 Å². The third-order valence-corrected chi connectivity index (χ3v) is 4.77. The number of nitrogens with zero attached hydrogens (tertiary/aromatic N) is 1. The van der Waals surface area contributed by atoms with Crippen LogP contribution in [0.1, 0.15) is 28.8 Å². The number of Topliss-reactive ketones (excluding diaryl/α,β-unsaturated/α-hetero) is 1. The van der Waals surface area contributed by atoms with Crippen molar-refractivity contribution in [3.63, 3.8) is 0 Å². The fraction of sp³-hybridized carbons (Fsp3) is 0.350. The SMILES string of the molecule is COc1ccc(C(=O)CN2CCC(O)(c3ccccc3)CC2)cc1. The first-order chi connectivity index (χ1) is 11.6. The molecule has 3 rings (SSSR count). The van der Waals surface area contributed by atoms with Gasteiger partial charge in [0.1, 0.15) is 5.75 Å². The Morgan fingerprint density at radius 3 is 2.29 bits per heavy atom. The molecule has 1 aliphatic heterocycles. The highest BCUT2D eigenvalue weighted by Gasteiger charge is 2.34. The van der Waals surface area contributed by atoms with Crippen LogP contribution in [0.25, 0.3) is 0 Å². The summed E-state index contributed by atoms with van der Waals surface area (Å²) in [5, 5.41) is 10.8. The lowest BCUT2D eigenvalue weighted by atomic mass is 9.84. The Morgan fingerprint density at radius 2 is 1.71 bits per heavy atom. The van der Waals surface area contributed by atoms with E-state index in [1.807, 2.05) is 30.3 Å². The molecule has 1 heterocycles. The molecule has 126 valence electrons. The van der Waals surface area contributed by atoms with E-state index >= 15 is 0 Å². The molecule has 2 aromatic rings. The maximum Gasteiger partial charge on any atom is 0.176 e. The molecule has 1 aliphatic rings. The first kappa shape index (κ1) is 16.7. The number of carbonyl (C=O) groups is 1. The van der Waals surface area contributed by atoms with Crippen LogP contribution in [0.2, 0.25) is 0 Å². The molecule has 0 radical (unpaired) electrons. The number of ketones is 1. The minimum atomic E-state index is -0.777. The quantitative estimate of drug-likeness (QED) is 0.859. The summed E-state index contributed by atoms with van der Waals surface area (Å²) in [5.41, 5.74) is 0.881. The predicted octanol–water partition coefficient (Wildman–Crippen LogP) is 2.86. The highest BCUT2D eigenvalue weighted by molar-refractivity contribution is 5.97. The summed E-state index contributed by atoms with van der Waals surface area (Å²) in [5.74, 6) is 0.847. The molecule has 0 atom stereocenters. The highest BCUT2D eigenvalue weighted by Crippen LogP contribution is 2.32. The van der Waals surface area contributed by atoms with Crippen molar-refractivity contribution in [2.24, 2.45) is 0 Å². The maximum atomic E-state index is 12.4. The van der Waals surface area contributed by atoms with Gasteiger partial charge in [-0.1, -0.05) is 30.3 Å². The van der Waals surface area contributed by atoms with Crippen molar-refractivity contribution in [2.75, 3.05) is 26.7 Å². The predicted molar refractivity (Wildman–Crippen MR) is 93.3 cm³/mol. The smallest absolute Gasteiger partial charge is 0.176 e. The van der Waals surface area contributed by atoms with Gasteiger partial charge in [-0.05, 0) is 42.7 Å². The number of piperidine rings is 1. The molecule has 0 bridgehead atoms. The van der Waals surface area contributed by atoms with Crippen LogP contribution in [0.3, 0.4) is 0 Å². The Bertz CT molecular complexity index is 674. The van der Waals surface area contributed by atoms with E-state index in [2.05, 4.69) is 4.90 Å². The van der Waals surface area contributed by atoms with E-state index in [-0.39, 0.29) is 5.78 Å². The van der Waals surface area contributed by atoms with Crippen molar-refractivity contribution in [2.45, 2.75) is 18.4 Å². The molecule has 4 nitrogen and oxygen atoms in total. The third-order valence-electron chi connectivity index (χ3n) is 4.77. The number of methoxy groups -OCH3 is 1. The van der Waals surface area contributed by atoms with Gasteiger partial charge in [0.15, 0.2) is 5.78 Å². The van der Waals surface area contributed by atoms with E-state index in [0.29, 0.717) is 38.0 Å². The molecule has 24 heavy (non-hydrogen) atoms. The zero-order valence-corrected chi connectivity index (χ0v) is 13.9. The van der Waals surface area contributed by atoms with Gasteiger partial charge in [-0.2, -0.15) is 0 Å². The zero-order chi connectivity index (χ0) is 17.0. The fourth-order valence-electron chi connectivity index (χ4n) is 3.19. The lowest BCUT2D eigenvalue weighted by Gasteiger charge is -2.38. The van der Waals surface area contributed by atoms with Crippen LogP contribution in [0.5, 0.6) is 5.75 Å². The molecule has 4 heteroatoms. The van der Waals surface area contributed by atoms with Gasteiger partial charge < -0.3 is 9.84 Å². The summed E-state index contributed by atoms with van der Waals surface area (Å²) in [6, 6.07) is 17.0. The average molecular weight is 325 g/mol. The lowest BCUT2D eigenvalue weighted by Crippen LogP contribution is -2.44.